The van der Waals surface area contributed by atoms with E-state index in [0.717, 1.165) is 5.70 Å². The first-order valence-electron chi connectivity index (χ1n) is 3.61. The maximum absolute atomic E-state index is 8.66. The molecule has 0 aliphatic heterocycles. The third kappa shape index (κ3) is 1.58. The van der Waals surface area contributed by atoms with E-state index < -0.39 is 0 Å². The molecule has 0 N–H and O–H groups in total. The van der Waals surface area contributed by atoms with Crippen LogP contribution in [0.25, 0.3) is 5.53 Å². The molecule has 0 saturated heterocycles. The van der Waals surface area contributed by atoms with Gasteiger partial charge >= 0.3 is 5.71 Å². The molecule has 12 heavy (non-hydrogen) atoms. The van der Waals surface area contributed by atoms with Gasteiger partial charge < -0.3 is 10.4 Å². The van der Waals surface area contributed by atoms with Crippen LogP contribution in [0.1, 0.15) is 6.42 Å². The lowest BCUT2D eigenvalue weighted by molar-refractivity contribution is -0.00822. The topological polar surface area (TPSA) is 39.6 Å². The summed E-state index contributed by atoms with van der Waals surface area (Å²) < 4.78 is 0. The molecule has 4 heteroatoms. The van der Waals surface area contributed by atoms with Crippen molar-refractivity contribution in [3.8, 4) is 0 Å². The van der Waals surface area contributed by atoms with Gasteiger partial charge in [0, 0.05) is 14.1 Å². The number of hydrogen-bond donors (Lipinski definition) is 0. The maximum Gasteiger partial charge on any atom is 0.320 e. The average Bonchev–Trinajstić information content (AvgIpc) is 2.03. The first kappa shape index (κ1) is 9.04. The van der Waals surface area contributed by atoms with Crippen molar-refractivity contribution in [1.29, 1.82) is 0 Å². The van der Waals surface area contributed by atoms with Gasteiger partial charge in [0.05, 0.1) is 11.5 Å². The monoisotopic (exact) mass is 183 g/mol. The molecule has 0 heterocycles. The smallest absolute Gasteiger partial charge is 0.320 e. The van der Waals surface area contributed by atoms with E-state index in [1.54, 1.807) is 0 Å². The Labute approximate surface area is 76.6 Å². The number of allylic oxidation sites excluding steroid dienone is 4. The molecule has 1 aliphatic carbocycles. The van der Waals surface area contributed by atoms with Crippen LogP contribution in [0.2, 0.25) is 0 Å². The summed E-state index contributed by atoms with van der Waals surface area (Å²) in [7, 11) is 3.73. The Morgan fingerprint density at radius 2 is 2.25 bits per heavy atom. The second-order valence-electron chi connectivity index (χ2n) is 2.74. The minimum atomic E-state index is 0.604. The lowest BCUT2D eigenvalue weighted by atomic mass is 10.1. The molecule has 1 aliphatic rings. The summed E-state index contributed by atoms with van der Waals surface area (Å²) in [6, 6.07) is 0. The quantitative estimate of drug-likeness (QED) is 0.450. The first-order valence-corrected chi connectivity index (χ1v) is 3.99. The van der Waals surface area contributed by atoms with Crippen molar-refractivity contribution < 1.29 is 4.79 Å². The molecule has 0 saturated carbocycles. The molecule has 0 amide bonds. The molecular formula is C8H10ClN3. The molecule has 0 fully saturated rings. The van der Waals surface area contributed by atoms with Gasteiger partial charge in [-0.1, -0.05) is 17.7 Å². The zero-order chi connectivity index (χ0) is 9.14. The Hall–Kier alpha value is -1.05. The van der Waals surface area contributed by atoms with Crippen LogP contribution in [0, 0.1) is 0 Å². The molecule has 0 aromatic rings. The van der Waals surface area contributed by atoms with Gasteiger partial charge in [-0.25, -0.2) is 0 Å². The Balaban J connectivity index is 3.16. The molecule has 0 unspecified atom stereocenters. The van der Waals surface area contributed by atoms with Crippen LogP contribution >= 0.6 is 11.6 Å². The highest BCUT2D eigenvalue weighted by Gasteiger charge is 2.22. The van der Waals surface area contributed by atoms with Crippen LogP contribution in [0.15, 0.2) is 22.9 Å². The SMILES string of the molecule is CN(C)C1=C(Cl)C=CCC1=[N+]=[N-]. The van der Waals surface area contributed by atoms with Gasteiger partial charge in [-0.05, 0) is 6.08 Å². The summed E-state index contributed by atoms with van der Waals surface area (Å²) in [5.74, 6) is 0. The Bertz CT molecular complexity index is 295. The van der Waals surface area contributed by atoms with E-state index >= 15 is 0 Å². The predicted octanol–water partition coefficient (Wildman–Crippen LogP) is 1.63. The van der Waals surface area contributed by atoms with Crippen molar-refractivity contribution in [3.05, 3.63) is 28.4 Å². The van der Waals surface area contributed by atoms with Crippen molar-refractivity contribution in [1.82, 2.24) is 4.90 Å². The minimum absolute atomic E-state index is 0.604. The standard InChI is InChI=1S/C8H10ClN3/c1-12(2)8-6(9)4-3-5-7(8)11-10/h3-4H,5H2,1-2H3. The molecule has 0 aromatic carbocycles. The van der Waals surface area contributed by atoms with E-state index in [4.69, 9.17) is 17.1 Å². The number of nitrogens with zero attached hydrogens (tertiary/aromatic N) is 3. The average molecular weight is 184 g/mol. The summed E-state index contributed by atoms with van der Waals surface area (Å²) in [6.45, 7) is 0. The molecule has 1 rings (SSSR count). The van der Waals surface area contributed by atoms with Gasteiger partial charge in [-0.2, -0.15) is 4.79 Å². The summed E-state index contributed by atoms with van der Waals surface area (Å²) in [4.78, 5) is 5.02. The third-order valence-corrected chi connectivity index (χ3v) is 1.95. The fourth-order valence-corrected chi connectivity index (χ4v) is 1.51. The van der Waals surface area contributed by atoms with Gasteiger partial charge in [0.1, 0.15) is 5.70 Å². The summed E-state index contributed by atoms with van der Waals surface area (Å²) in [6.07, 6.45) is 4.30. The molecule has 0 bridgehead atoms. The zero-order valence-corrected chi connectivity index (χ0v) is 7.84. The number of rotatable bonds is 1. The van der Waals surface area contributed by atoms with Crippen molar-refractivity contribution in [2.24, 2.45) is 0 Å². The van der Waals surface area contributed by atoms with Crippen molar-refractivity contribution >= 4 is 17.3 Å². The van der Waals surface area contributed by atoms with Gasteiger partial charge in [0.15, 0.2) is 0 Å². The highest BCUT2D eigenvalue weighted by Crippen LogP contribution is 2.20. The largest absolute Gasteiger partial charge is 0.370 e. The van der Waals surface area contributed by atoms with Crippen molar-refractivity contribution in [2.75, 3.05) is 14.1 Å². The van der Waals surface area contributed by atoms with Gasteiger partial charge in [-0.15, -0.1) is 0 Å². The Morgan fingerprint density at radius 3 is 2.67 bits per heavy atom. The summed E-state index contributed by atoms with van der Waals surface area (Å²) in [5.41, 5.74) is 10.0. The lowest BCUT2D eigenvalue weighted by Crippen LogP contribution is -2.22. The molecule has 64 valence electrons. The van der Waals surface area contributed by atoms with Crippen molar-refractivity contribution in [3.63, 3.8) is 0 Å². The van der Waals surface area contributed by atoms with Crippen molar-refractivity contribution in [2.45, 2.75) is 6.42 Å². The second-order valence-corrected chi connectivity index (χ2v) is 3.15. The zero-order valence-electron chi connectivity index (χ0n) is 7.08. The summed E-state index contributed by atoms with van der Waals surface area (Å²) >= 11 is 5.91. The van der Waals surface area contributed by atoms with Crippen LogP contribution in [0.5, 0.6) is 0 Å². The van der Waals surface area contributed by atoms with E-state index in [-0.39, 0.29) is 0 Å². The van der Waals surface area contributed by atoms with Gasteiger partial charge in [0.25, 0.3) is 0 Å². The molecule has 0 atom stereocenters. The lowest BCUT2D eigenvalue weighted by Gasteiger charge is -2.15. The third-order valence-electron chi connectivity index (χ3n) is 1.64. The normalized spacial score (nSPS) is 16.4. The molecular weight excluding hydrogens is 174 g/mol. The highest BCUT2D eigenvalue weighted by molar-refractivity contribution is 6.34. The molecule has 0 aromatic heterocycles. The molecule has 0 radical (unpaired) electrons. The predicted molar refractivity (Wildman–Crippen MR) is 48.9 cm³/mol. The molecule has 3 nitrogen and oxygen atoms in total. The van der Waals surface area contributed by atoms with Crippen LogP contribution in [0.4, 0.5) is 0 Å². The van der Waals surface area contributed by atoms with E-state index in [0.29, 0.717) is 17.2 Å². The maximum atomic E-state index is 8.66. The fourth-order valence-electron chi connectivity index (χ4n) is 1.15. The van der Waals surface area contributed by atoms with Crippen LogP contribution in [0.3, 0.4) is 0 Å². The Kier molecular flexibility index (Phi) is 2.69. The second kappa shape index (κ2) is 3.57. The fraction of sp³-hybridized carbons (Fsp3) is 0.375. The van der Waals surface area contributed by atoms with Crippen LogP contribution in [-0.2, 0) is 0 Å². The van der Waals surface area contributed by atoms with Gasteiger partial charge in [-0.3, -0.25) is 0 Å². The van der Waals surface area contributed by atoms with E-state index in [2.05, 4.69) is 4.79 Å². The minimum Gasteiger partial charge on any atom is -0.370 e. The number of hydrogen-bond acceptors (Lipinski definition) is 1. The molecule has 0 spiro atoms. The first-order chi connectivity index (χ1) is 5.66. The van der Waals surface area contributed by atoms with E-state index in [1.165, 1.54) is 0 Å². The van der Waals surface area contributed by atoms with E-state index in [9.17, 15) is 0 Å². The van der Waals surface area contributed by atoms with Crippen LogP contribution in [-0.4, -0.2) is 29.5 Å². The van der Waals surface area contributed by atoms with Crippen LogP contribution < -0.4 is 0 Å². The Morgan fingerprint density at radius 1 is 1.58 bits per heavy atom. The summed E-state index contributed by atoms with van der Waals surface area (Å²) in [5, 5.41) is 0.610. The highest BCUT2D eigenvalue weighted by atomic mass is 35.5. The van der Waals surface area contributed by atoms with Gasteiger partial charge in [0.2, 0.25) is 0 Å². The number of halogens is 1. The van der Waals surface area contributed by atoms with E-state index in [1.807, 2.05) is 31.1 Å².